The highest BCUT2D eigenvalue weighted by Crippen LogP contribution is 2.40. The molecule has 0 saturated heterocycles. The van der Waals surface area contributed by atoms with Gasteiger partial charge in [-0.15, -0.1) is 11.3 Å². The molecular weight excluding hydrogens is 390 g/mol. The Hall–Kier alpha value is -2.93. The summed E-state index contributed by atoms with van der Waals surface area (Å²) < 4.78 is 10.6. The molecule has 0 bridgehead atoms. The monoisotopic (exact) mass is 411 g/mol. The molecule has 0 unspecified atom stereocenters. The number of hydrogen-bond acceptors (Lipinski definition) is 7. The van der Waals surface area contributed by atoms with E-state index in [1.165, 1.54) is 18.4 Å². The van der Waals surface area contributed by atoms with Crippen molar-refractivity contribution in [3.05, 3.63) is 62.9 Å². The average molecular weight is 411 g/mol. The summed E-state index contributed by atoms with van der Waals surface area (Å²) in [5, 5.41) is 3.60. The summed E-state index contributed by atoms with van der Waals surface area (Å²) in [7, 11) is 1.36. The molecule has 29 heavy (non-hydrogen) atoms. The number of allylic oxidation sites excluding steroid dienone is 2. The number of aryl methyl sites for hydroxylation is 1. The number of esters is 1. The second-order valence-corrected chi connectivity index (χ2v) is 7.98. The number of anilines is 1. The van der Waals surface area contributed by atoms with E-state index in [2.05, 4.69) is 5.32 Å². The molecule has 1 heterocycles. The molecule has 0 amide bonds. The fourth-order valence-corrected chi connectivity index (χ4v) is 5.13. The molecule has 6 nitrogen and oxygen atoms in total. The minimum Gasteiger partial charge on any atom is -0.491 e. The summed E-state index contributed by atoms with van der Waals surface area (Å²) in [6.07, 6.45) is 3.76. The maximum absolute atomic E-state index is 13.1. The lowest BCUT2D eigenvalue weighted by atomic mass is 9.91. The summed E-state index contributed by atoms with van der Waals surface area (Å²) in [6, 6.07) is 6.66. The number of ether oxygens (including phenoxy) is 2. The fourth-order valence-electron chi connectivity index (χ4n) is 3.85. The SMILES string of the molecule is CCOC(=O)c1c(NC2=C(OC)C(=O)c3ccccc3C2=O)sc2c1CCCC2. The number of fused-ring (bicyclic) bond motifs is 2. The van der Waals surface area contributed by atoms with Crippen molar-refractivity contribution >= 4 is 33.9 Å². The van der Waals surface area contributed by atoms with Crippen LogP contribution in [0.1, 0.15) is 61.3 Å². The number of nitrogens with one attached hydrogen (secondary N) is 1. The molecule has 0 saturated carbocycles. The van der Waals surface area contributed by atoms with Crippen LogP contribution in [-0.4, -0.2) is 31.3 Å². The molecule has 0 spiro atoms. The highest BCUT2D eigenvalue weighted by Gasteiger charge is 2.35. The van der Waals surface area contributed by atoms with E-state index in [4.69, 9.17) is 9.47 Å². The third-order valence-corrected chi connectivity index (χ3v) is 6.38. The van der Waals surface area contributed by atoms with Gasteiger partial charge in [-0.1, -0.05) is 24.3 Å². The number of hydrogen-bond donors (Lipinski definition) is 1. The van der Waals surface area contributed by atoms with E-state index in [1.807, 2.05) is 0 Å². The molecule has 150 valence electrons. The zero-order valence-electron chi connectivity index (χ0n) is 16.3. The number of methoxy groups -OCH3 is 1. The molecule has 4 rings (SSSR count). The Morgan fingerprint density at radius 2 is 1.79 bits per heavy atom. The van der Waals surface area contributed by atoms with Crippen LogP contribution < -0.4 is 5.32 Å². The molecule has 2 aliphatic rings. The molecule has 2 aliphatic carbocycles. The van der Waals surface area contributed by atoms with E-state index in [0.29, 0.717) is 21.7 Å². The average Bonchev–Trinajstić information content (AvgIpc) is 3.10. The topological polar surface area (TPSA) is 81.7 Å². The van der Waals surface area contributed by atoms with E-state index in [1.54, 1.807) is 31.2 Å². The number of rotatable bonds is 5. The lowest BCUT2D eigenvalue weighted by molar-refractivity contribution is 0.0526. The van der Waals surface area contributed by atoms with Crippen LogP contribution in [0.3, 0.4) is 0 Å². The molecule has 1 aromatic heterocycles. The minimum absolute atomic E-state index is 0.0464. The number of thiophene rings is 1. The van der Waals surface area contributed by atoms with E-state index in [9.17, 15) is 14.4 Å². The van der Waals surface area contributed by atoms with Crippen molar-refractivity contribution in [1.82, 2.24) is 0 Å². The van der Waals surface area contributed by atoms with E-state index >= 15 is 0 Å². The van der Waals surface area contributed by atoms with Gasteiger partial charge in [0.2, 0.25) is 11.6 Å². The van der Waals surface area contributed by atoms with Gasteiger partial charge < -0.3 is 14.8 Å². The van der Waals surface area contributed by atoms with Gasteiger partial charge in [0.05, 0.1) is 19.3 Å². The largest absolute Gasteiger partial charge is 0.491 e. The summed E-state index contributed by atoms with van der Waals surface area (Å²) in [5.41, 5.74) is 2.14. The zero-order valence-corrected chi connectivity index (χ0v) is 17.1. The zero-order chi connectivity index (χ0) is 20.5. The number of benzene rings is 1. The Balaban J connectivity index is 1.81. The quantitative estimate of drug-likeness (QED) is 0.745. The standard InChI is InChI=1S/C22H21NO5S/c1-3-28-22(26)16-14-10-6-7-11-15(14)29-21(16)23-17-18(24)12-8-4-5-9-13(12)19(25)20(17)27-2/h4-5,8-9,23H,3,6-7,10-11H2,1-2H3. The van der Waals surface area contributed by atoms with E-state index in [-0.39, 0.29) is 29.6 Å². The van der Waals surface area contributed by atoms with Crippen molar-refractivity contribution in [3.8, 4) is 0 Å². The lowest BCUT2D eigenvalue weighted by Gasteiger charge is -2.20. The predicted octanol–water partition coefficient (Wildman–Crippen LogP) is 4.15. The van der Waals surface area contributed by atoms with Crippen LogP contribution in [0, 0.1) is 0 Å². The molecule has 2 aromatic rings. The fraction of sp³-hybridized carbons (Fsp3) is 0.318. The van der Waals surface area contributed by atoms with E-state index in [0.717, 1.165) is 36.1 Å². The van der Waals surface area contributed by atoms with Crippen LogP contribution in [0.2, 0.25) is 0 Å². The van der Waals surface area contributed by atoms with Gasteiger partial charge in [0.25, 0.3) is 0 Å². The number of carbonyl (C=O) groups excluding carboxylic acids is 3. The van der Waals surface area contributed by atoms with Gasteiger partial charge in [-0.05, 0) is 38.2 Å². The normalized spacial score (nSPS) is 15.7. The molecular formula is C22H21NO5S. The first-order chi connectivity index (χ1) is 14.1. The maximum Gasteiger partial charge on any atom is 0.341 e. The van der Waals surface area contributed by atoms with Crippen LogP contribution in [0.5, 0.6) is 0 Å². The van der Waals surface area contributed by atoms with Crippen molar-refractivity contribution in [2.24, 2.45) is 0 Å². The Labute approximate surface area is 172 Å². The number of ketones is 2. The summed E-state index contributed by atoms with van der Waals surface area (Å²) >= 11 is 1.44. The smallest absolute Gasteiger partial charge is 0.341 e. The summed E-state index contributed by atoms with van der Waals surface area (Å²) in [5.74, 6) is -1.15. The molecule has 0 fully saturated rings. The predicted molar refractivity (Wildman–Crippen MR) is 110 cm³/mol. The first kappa shape index (κ1) is 19.4. The third kappa shape index (κ3) is 3.25. The van der Waals surface area contributed by atoms with Gasteiger partial charge in [-0.3, -0.25) is 9.59 Å². The lowest BCUT2D eigenvalue weighted by Crippen LogP contribution is -2.27. The number of Topliss-reactive ketones (excluding diaryl/α,β-unsaturated/α-hetero) is 2. The first-order valence-electron chi connectivity index (χ1n) is 9.62. The minimum atomic E-state index is -0.413. The summed E-state index contributed by atoms with van der Waals surface area (Å²) in [4.78, 5) is 39.8. The first-order valence-corrected chi connectivity index (χ1v) is 10.4. The van der Waals surface area contributed by atoms with Crippen LogP contribution in [0.4, 0.5) is 5.00 Å². The Kier molecular flexibility index (Phi) is 5.24. The molecule has 0 radical (unpaired) electrons. The van der Waals surface area contributed by atoms with Crippen molar-refractivity contribution in [2.75, 3.05) is 19.0 Å². The third-order valence-electron chi connectivity index (χ3n) is 5.17. The van der Waals surface area contributed by atoms with Gasteiger partial charge in [0, 0.05) is 16.0 Å². The van der Waals surface area contributed by atoms with Gasteiger partial charge in [0.1, 0.15) is 10.7 Å². The molecule has 7 heteroatoms. The van der Waals surface area contributed by atoms with Crippen molar-refractivity contribution in [1.29, 1.82) is 0 Å². The van der Waals surface area contributed by atoms with Crippen molar-refractivity contribution < 1.29 is 23.9 Å². The maximum atomic E-state index is 13.1. The Morgan fingerprint density at radius 1 is 1.10 bits per heavy atom. The van der Waals surface area contributed by atoms with Crippen LogP contribution in [0.15, 0.2) is 35.7 Å². The van der Waals surface area contributed by atoms with Crippen molar-refractivity contribution in [3.63, 3.8) is 0 Å². The highest BCUT2D eigenvalue weighted by molar-refractivity contribution is 7.16. The second-order valence-electron chi connectivity index (χ2n) is 6.87. The van der Waals surface area contributed by atoms with Gasteiger partial charge in [-0.25, -0.2) is 4.79 Å². The molecule has 0 aliphatic heterocycles. The van der Waals surface area contributed by atoms with Crippen molar-refractivity contribution in [2.45, 2.75) is 32.6 Å². The number of carbonyl (C=O) groups is 3. The highest BCUT2D eigenvalue weighted by atomic mass is 32.1. The van der Waals surface area contributed by atoms with Gasteiger partial charge in [-0.2, -0.15) is 0 Å². The Bertz CT molecular complexity index is 1050. The Morgan fingerprint density at radius 3 is 2.48 bits per heavy atom. The van der Waals surface area contributed by atoms with Gasteiger partial charge >= 0.3 is 5.97 Å². The van der Waals surface area contributed by atoms with Crippen LogP contribution in [0.25, 0.3) is 0 Å². The molecule has 1 N–H and O–H groups in total. The van der Waals surface area contributed by atoms with Crippen LogP contribution in [-0.2, 0) is 22.3 Å². The van der Waals surface area contributed by atoms with E-state index < -0.39 is 5.97 Å². The molecule has 1 aromatic carbocycles. The van der Waals surface area contributed by atoms with Gasteiger partial charge in [0.15, 0.2) is 5.76 Å². The molecule has 0 atom stereocenters. The second kappa shape index (κ2) is 7.83. The summed E-state index contributed by atoms with van der Waals surface area (Å²) in [6.45, 7) is 2.02. The van der Waals surface area contributed by atoms with Crippen LogP contribution >= 0.6 is 11.3 Å².